The van der Waals surface area contributed by atoms with E-state index in [4.69, 9.17) is 9.47 Å². The van der Waals surface area contributed by atoms with Crippen LogP contribution in [0.2, 0.25) is 0 Å². The van der Waals surface area contributed by atoms with Gasteiger partial charge in [0.15, 0.2) is 5.96 Å². The fourth-order valence-electron chi connectivity index (χ4n) is 3.34. The van der Waals surface area contributed by atoms with Gasteiger partial charge in [-0.1, -0.05) is 0 Å². The number of ether oxygens (including phenoxy) is 2. The lowest BCUT2D eigenvalue weighted by Crippen LogP contribution is -2.42. The zero-order valence-corrected chi connectivity index (χ0v) is 18.1. The van der Waals surface area contributed by atoms with E-state index in [1.54, 1.807) is 0 Å². The van der Waals surface area contributed by atoms with Crippen LogP contribution in [-0.4, -0.2) is 37.8 Å². The first-order chi connectivity index (χ1) is 11.5. The quantitative estimate of drug-likeness (QED) is 0.403. The Labute approximate surface area is 168 Å². The predicted molar refractivity (Wildman–Crippen MR) is 113 cm³/mol. The van der Waals surface area contributed by atoms with E-state index in [1.165, 1.54) is 11.1 Å². The van der Waals surface area contributed by atoms with Crippen LogP contribution in [0.5, 0.6) is 11.5 Å². The van der Waals surface area contributed by atoms with Gasteiger partial charge >= 0.3 is 0 Å². The highest BCUT2D eigenvalue weighted by molar-refractivity contribution is 14.0. The summed E-state index contributed by atoms with van der Waals surface area (Å²) < 4.78 is 11.9. The van der Waals surface area contributed by atoms with Gasteiger partial charge in [-0.25, -0.2) is 0 Å². The van der Waals surface area contributed by atoms with Gasteiger partial charge in [0.2, 0.25) is 0 Å². The molecule has 1 heterocycles. The Morgan fingerprint density at radius 1 is 1.40 bits per heavy atom. The summed E-state index contributed by atoms with van der Waals surface area (Å²) >= 11 is 0. The van der Waals surface area contributed by atoms with E-state index in [1.807, 2.05) is 14.0 Å². The van der Waals surface area contributed by atoms with Crippen LogP contribution < -0.4 is 20.1 Å². The SMILES string of the molecule is CCOc1cc2c(cc1C1CC1NC(=NC)NC(C)C)OC(C)C2.I. The number of hydrogen-bond acceptors (Lipinski definition) is 3. The first-order valence-electron chi connectivity index (χ1n) is 8.97. The van der Waals surface area contributed by atoms with E-state index in [2.05, 4.69) is 48.5 Å². The molecule has 2 N–H and O–H groups in total. The monoisotopic (exact) mass is 459 g/mol. The number of hydrogen-bond donors (Lipinski definition) is 2. The lowest BCUT2D eigenvalue weighted by atomic mass is 10.0. The van der Waals surface area contributed by atoms with Crippen molar-refractivity contribution in [1.29, 1.82) is 0 Å². The van der Waals surface area contributed by atoms with E-state index < -0.39 is 0 Å². The minimum atomic E-state index is 0. The lowest BCUT2D eigenvalue weighted by molar-refractivity contribution is 0.254. The highest BCUT2D eigenvalue weighted by Crippen LogP contribution is 2.48. The standard InChI is InChI=1S/C19H29N3O2.HI/c1-6-23-18-8-13-7-12(4)24-17(13)10-15(18)14-9-16(14)22-19(20-5)21-11(2)3;/h8,10-12,14,16H,6-7,9H2,1-5H3,(H2,20,21,22);1H. The molecule has 6 heteroatoms. The molecule has 1 aliphatic carbocycles. The van der Waals surface area contributed by atoms with Gasteiger partial charge < -0.3 is 20.1 Å². The fraction of sp³-hybridized carbons (Fsp3) is 0.632. The average Bonchev–Trinajstić information content (AvgIpc) is 3.18. The summed E-state index contributed by atoms with van der Waals surface area (Å²) in [7, 11) is 1.81. The Morgan fingerprint density at radius 2 is 2.16 bits per heavy atom. The number of rotatable bonds is 5. The van der Waals surface area contributed by atoms with Crippen molar-refractivity contribution in [3.05, 3.63) is 23.3 Å². The van der Waals surface area contributed by atoms with Gasteiger partial charge in [-0.05, 0) is 46.2 Å². The Kier molecular flexibility index (Phi) is 6.82. The van der Waals surface area contributed by atoms with Crippen LogP contribution >= 0.6 is 24.0 Å². The number of benzene rings is 1. The number of fused-ring (bicyclic) bond motifs is 1. The number of nitrogens with zero attached hydrogens (tertiary/aromatic N) is 1. The average molecular weight is 459 g/mol. The first-order valence-corrected chi connectivity index (χ1v) is 8.97. The number of guanidine groups is 1. The van der Waals surface area contributed by atoms with Crippen molar-refractivity contribution in [2.24, 2.45) is 4.99 Å². The van der Waals surface area contributed by atoms with Crippen molar-refractivity contribution in [2.75, 3.05) is 13.7 Å². The summed E-state index contributed by atoms with van der Waals surface area (Å²) in [5, 5.41) is 6.85. The third-order valence-electron chi connectivity index (χ3n) is 4.49. The molecule has 3 rings (SSSR count). The summed E-state index contributed by atoms with van der Waals surface area (Å²) in [6.07, 6.45) is 2.31. The third kappa shape index (κ3) is 4.71. The Hall–Kier alpha value is -1.18. The van der Waals surface area contributed by atoms with Gasteiger partial charge in [-0.2, -0.15) is 0 Å². The molecule has 1 fully saturated rings. The zero-order valence-electron chi connectivity index (χ0n) is 15.8. The van der Waals surface area contributed by atoms with Crippen molar-refractivity contribution in [2.45, 2.75) is 64.6 Å². The molecular formula is C19H30IN3O2. The van der Waals surface area contributed by atoms with Gasteiger partial charge in [-0.3, -0.25) is 4.99 Å². The van der Waals surface area contributed by atoms with Crippen LogP contribution in [0.1, 0.15) is 51.2 Å². The molecule has 1 aliphatic heterocycles. The van der Waals surface area contributed by atoms with E-state index in [0.717, 1.165) is 30.3 Å². The minimum absolute atomic E-state index is 0. The molecule has 5 nitrogen and oxygen atoms in total. The first kappa shape index (κ1) is 20.1. The largest absolute Gasteiger partial charge is 0.494 e. The molecule has 3 unspecified atom stereocenters. The molecule has 2 aliphatic rings. The zero-order chi connectivity index (χ0) is 17.3. The summed E-state index contributed by atoms with van der Waals surface area (Å²) in [6, 6.07) is 5.12. The summed E-state index contributed by atoms with van der Waals surface area (Å²) in [6.45, 7) is 9.06. The topological polar surface area (TPSA) is 54.9 Å². The molecule has 3 atom stereocenters. The predicted octanol–water partition coefficient (Wildman–Crippen LogP) is 3.46. The number of nitrogens with one attached hydrogen (secondary N) is 2. The fourth-order valence-corrected chi connectivity index (χ4v) is 3.34. The molecule has 0 spiro atoms. The highest BCUT2D eigenvalue weighted by atomic mass is 127. The van der Waals surface area contributed by atoms with Gasteiger partial charge in [0.1, 0.15) is 17.6 Å². The molecule has 1 saturated carbocycles. The molecule has 0 amide bonds. The summed E-state index contributed by atoms with van der Waals surface area (Å²) in [4.78, 5) is 4.30. The minimum Gasteiger partial charge on any atom is -0.494 e. The Bertz CT molecular complexity index is 633. The van der Waals surface area contributed by atoms with Gasteiger partial charge in [0, 0.05) is 42.6 Å². The molecule has 25 heavy (non-hydrogen) atoms. The molecule has 1 aromatic rings. The number of halogens is 1. The van der Waals surface area contributed by atoms with Crippen LogP contribution in [0.3, 0.4) is 0 Å². The maximum atomic E-state index is 5.94. The smallest absolute Gasteiger partial charge is 0.191 e. The molecule has 0 saturated heterocycles. The second-order valence-electron chi connectivity index (χ2n) is 7.03. The maximum absolute atomic E-state index is 5.94. The van der Waals surface area contributed by atoms with Gasteiger partial charge in [0.05, 0.1) is 6.61 Å². The molecule has 1 aromatic carbocycles. The lowest BCUT2D eigenvalue weighted by Gasteiger charge is -2.16. The second kappa shape index (κ2) is 8.47. The van der Waals surface area contributed by atoms with Crippen molar-refractivity contribution < 1.29 is 9.47 Å². The van der Waals surface area contributed by atoms with E-state index in [9.17, 15) is 0 Å². The van der Waals surface area contributed by atoms with Crippen molar-refractivity contribution >= 4 is 29.9 Å². The molecule has 0 aromatic heterocycles. The number of aliphatic imine (C=N–C) groups is 1. The van der Waals surface area contributed by atoms with E-state index in [-0.39, 0.29) is 30.1 Å². The normalized spacial score (nSPS) is 24.2. The molecule has 140 valence electrons. The maximum Gasteiger partial charge on any atom is 0.191 e. The molecule has 0 radical (unpaired) electrons. The third-order valence-corrected chi connectivity index (χ3v) is 4.49. The van der Waals surface area contributed by atoms with Crippen LogP contribution in [-0.2, 0) is 6.42 Å². The second-order valence-corrected chi connectivity index (χ2v) is 7.03. The van der Waals surface area contributed by atoms with E-state index in [0.29, 0.717) is 24.6 Å². The van der Waals surface area contributed by atoms with Crippen LogP contribution in [0, 0.1) is 0 Å². The summed E-state index contributed by atoms with van der Waals surface area (Å²) in [5.41, 5.74) is 2.51. The Morgan fingerprint density at radius 3 is 2.80 bits per heavy atom. The van der Waals surface area contributed by atoms with Crippen molar-refractivity contribution in [1.82, 2.24) is 10.6 Å². The molecule has 0 bridgehead atoms. The molecular weight excluding hydrogens is 429 g/mol. The van der Waals surface area contributed by atoms with Gasteiger partial charge in [0.25, 0.3) is 0 Å². The Balaban J connectivity index is 0.00000225. The van der Waals surface area contributed by atoms with Crippen molar-refractivity contribution in [3.63, 3.8) is 0 Å². The van der Waals surface area contributed by atoms with Crippen LogP contribution in [0.25, 0.3) is 0 Å². The van der Waals surface area contributed by atoms with Gasteiger partial charge in [-0.15, -0.1) is 24.0 Å². The summed E-state index contributed by atoms with van der Waals surface area (Å²) in [5.74, 6) is 3.34. The van der Waals surface area contributed by atoms with Crippen LogP contribution in [0.4, 0.5) is 0 Å². The van der Waals surface area contributed by atoms with Crippen LogP contribution in [0.15, 0.2) is 17.1 Å². The van der Waals surface area contributed by atoms with E-state index >= 15 is 0 Å². The van der Waals surface area contributed by atoms with Crippen molar-refractivity contribution in [3.8, 4) is 11.5 Å². The highest BCUT2D eigenvalue weighted by Gasteiger charge is 2.42.